The molecule has 0 N–H and O–H groups in total. The van der Waals surface area contributed by atoms with E-state index in [9.17, 15) is 0 Å². The number of hydrogen-bond acceptors (Lipinski definition) is 1. The van der Waals surface area contributed by atoms with Gasteiger partial charge < -0.3 is 4.74 Å². The molecule has 0 radical (unpaired) electrons. The van der Waals surface area contributed by atoms with Crippen molar-refractivity contribution in [3.05, 3.63) is 42.0 Å². The Labute approximate surface area is 166 Å². The molecule has 1 aromatic rings. The fourth-order valence-corrected chi connectivity index (χ4v) is 4.99. The van der Waals surface area contributed by atoms with E-state index in [0.717, 1.165) is 35.0 Å². The summed E-state index contributed by atoms with van der Waals surface area (Å²) in [6.07, 6.45) is 17.4. The molecule has 0 heterocycles. The Balaban J connectivity index is 1.40. The lowest BCUT2D eigenvalue weighted by Gasteiger charge is -2.37. The van der Waals surface area contributed by atoms with E-state index in [2.05, 4.69) is 30.9 Å². The molecule has 3 rings (SSSR count). The smallest absolute Gasteiger partial charge is 0.119 e. The fraction of sp³-hybridized carbons (Fsp3) is 0.615. The highest BCUT2D eigenvalue weighted by Gasteiger charge is 2.29. The van der Waals surface area contributed by atoms with Crippen LogP contribution in [0, 0.1) is 35.5 Å². The Morgan fingerprint density at radius 2 is 1.52 bits per heavy atom. The van der Waals surface area contributed by atoms with Crippen LogP contribution < -0.4 is 4.74 Å². The number of ether oxygens (including phenoxy) is 1. The third-order valence-electron chi connectivity index (χ3n) is 6.79. The van der Waals surface area contributed by atoms with Crippen molar-refractivity contribution in [1.82, 2.24) is 0 Å². The zero-order valence-electron chi connectivity index (χ0n) is 17.3. The molecule has 0 amide bonds. The average molecular weight is 365 g/mol. The maximum absolute atomic E-state index is 5.47. The summed E-state index contributed by atoms with van der Waals surface area (Å²) in [5.74, 6) is 11.2. The van der Waals surface area contributed by atoms with Gasteiger partial charge in [-0.05, 0) is 99.5 Å². The Hall–Kier alpha value is -1.68. The summed E-state index contributed by atoms with van der Waals surface area (Å²) >= 11 is 0. The largest absolute Gasteiger partial charge is 0.494 e. The van der Waals surface area contributed by atoms with E-state index in [1.54, 1.807) is 0 Å². The van der Waals surface area contributed by atoms with Gasteiger partial charge in [0, 0.05) is 5.56 Å². The molecule has 146 valence electrons. The zero-order valence-corrected chi connectivity index (χ0v) is 17.3. The van der Waals surface area contributed by atoms with Gasteiger partial charge in [-0.15, -0.1) is 0 Å². The van der Waals surface area contributed by atoms with Crippen molar-refractivity contribution in [2.24, 2.45) is 23.7 Å². The van der Waals surface area contributed by atoms with Crippen LogP contribution in [0.3, 0.4) is 0 Å². The maximum Gasteiger partial charge on any atom is 0.119 e. The van der Waals surface area contributed by atoms with E-state index >= 15 is 0 Å². The molecule has 0 saturated heterocycles. The normalized spacial score (nSPS) is 28.5. The lowest BCUT2D eigenvalue weighted by Crippen LogP contribution is -2.25. The molecule has 1 nitrogen and oxygen atoms in total. The van der Waals surface area contributed by atoms with Crippen molar-refractivity contribution in [2.45, 2.75) is 71.6 Å². The van der Waals surface area contributed by atoms with Crippen LogP contribution in [0.25, 0.3) is 0 Å². The van der Waals surface area contributed by atoms with Crippen LogP contribution in [0.4, 0.5) is 0 Å². The third kappa shape index (κ3) is 6.17. The van der Waals surface area contributed by atoms with Crippen molar-refractivity contribution in [3.63, 3.8) is 0 Å². The highest BCUT2D eigenvalue weighted by atomic mass is 16.5. The van der Waals surface area contributed by atoms with Gasteiger partial charge in [0.2, 0.25) is 0 Å². The third-order valence-corrected chi connectivity index (χ3v) is 6.79. The second kappa shape index (κ2) is 10.6. The van der Waals surface area contributed by atoms with Crippen LogP contribution in [0.5, 0.6) is 5.75 Å². The lowest BCUT2D eigenvalue weighted by molar-refractivity contribution is 0.154. The van der Waals surface area contributed by atoms with Crippen molar-refractivity contribution in [2.75, 3.05) is 6.61 Å². The standard InChI is InChI=1S/C26H36O/c1-3-21-9-15-24(16-10-21)25-17-11-22(12-18-25)7-5-6-8-23-13-19-26(20-14-23)27-4-2/h5,7,13-14,19-22,24-25H,3-4,9-12,15-18H2,1-2H3/t21-,22-,24-,25-. The summed E-state index contributed by atoms with van der Waals surface area (Å²) in [7, 11) is 0. The van der Waals surface area contributed by atoms with Gasteiger partial charge in [0.1, 0.15) is 5.75 Å². The van der Waals surface area contributed by atoms with Gasteiger partial charge in [-0.3, -0.25) is 0 Å². The predicted molar refractivity (Wildman–Crippen MR) is 115 cm³/mol. The minimum atomic E-state index is 0.704. The lowest BCUT2D eigenvalue weighted by atomic mass is 9.69. The first-order valence-corrected chi connectivity index (χ1v) is 11.2. The molecule has 0 bridgehead atoms. The van der Waals surface area contributed by atoms with Crippen molar-refractivity contribution >= 4 is 0 Å². The first-order valence-electron chi connectivity index (χ1n) is 11.2. The molecule has 0 aromatic heterocycles. The van der Waals surface area contributed by atoms with Crippen LogP contribution in [0.15, 0.2) is 36.4 Å². The summed E-state index contributed by atoms with van der Waals surface area (Å²) in [4.78, 5) is 0. The Bertz CT molecular complexity index is 629. The van der Waals surface area contributed by atoms with Gasteiger partial charge in [-0.1, -0.05) is 44.1 Å². The SMILES string of the molecule is CCOc1ccc(C#CC=C[C@H]2CC[C@H]([C@H]3CC[C@H](CC)CC3)CC2)cc1. The van der Waals surface area contributed by atoms with E-state index in [1.165, 1.54) is 57.8 Å². The van der Waals surface area contributed by atoms with E-state index in [1.807, 2.05) is 31.2 Å². The van der Waals surface area contributed by atoms with Crippen LogP contribution in [0.2, 0.25) is 0 Å². The quantitative estimate of drug-likeness (QED) is 0.510. The Kier molecular flexibility index (Phi) is 7.88. The molecule has 2 aliphatic rings. The average Bonchev–Trinajstić information content (AvgIpc) is 2.73. The highest BCUT2D eigenvalue weighted by molar-refractivity contribution is 5.40. The van der Waals surface area contributed by atoms with Gasteiger partial charge in [0.15, 0.2) is 0 Å². The topological polar surface area (TPSA) is 9.23 Å². The summed E-state index contributed by atoms with van der Waals surface area (Å²) in [6.45, 7) is 5.07. The number of allylic oxidation sites excluding steroid dienone is 2. The molecule has 0 atom stereocenters. The first-order chi connectivity index (χ1) is 13.3. The summed E-state index contributed by atoms with van der Waals surface area (Å²) in [5.41, 5.74) is 1.05. The molecule has 0 unspecified atom stereocenters. The Morgan fingerprint density at radius 1 is 0.889 bits per heavy atom. The summed E-state index contributed by atoms with van der Waals surface area (Å²) in [5, 5.41) is 0. The number of rotatable bonds is 5. The molecular formula is C26H36O. The highest BCUT2D eigenvalue weighted by Crippen LogP contribution is 2.42. The van der Waals surface area contributed by atoms with Gasteiger partial charge in [0.25, 0.3) is 0 Å². The van der Waals surface area contributed by atoms with Gasteiger partial charge in [-0.25, -0.2) is 0 Å². The van der Waals surface area contributed by atoms with E-state index in [-0.39, 0.29) is 0 Å². The minimum absolute atomic E-state index is 0.704. The maximum atomic E-state index is 5.47. The molecule has 0 spiro atoms. The van der Waals surface area contributed by atoms with Gasteiger partial charge in [0.05, 0.1) is 6.61 Å². The van der Waals surface area contributed by atoms with E-state index < -0.39 is 0 Å². The van der Waals surface area contributed by atoms with E-state index in [0.29, 0.717) is 6.61 Å². The molecule has 2 aliphatic carbocycles. The van der Waals surface area contributed by atoms with Crippen molar-refractivity contribution < 1.29 is 4.74 Å². The predicted octanol–water partition coefficient (Wildman–Crippen LogP) is 7.02. The number of benzene rings is 1. The fourth-order valence-electron chi connectivity index (χ4n) is 4.99. The van der Waals surface area contributed by atoms with Crippen LogP contribution >= 0.6 is 0 Å². The van der Waals surface area contributed by atoms with Crippen LogP contribution in [-0.2, 0) is 0 Å². The summed E-state index contributed by atoms with van der Waals surface area (Å²) < 4.78 is 5.47. The van der Waals surface area contributed by atoms with Gasteiger partial charge in [-0.2, -0.15) is 0 Å². The molecule has 1 heteroatoms. The molecule has 2 saturated carbocycles. The molecule has 0 aliphatic heterocycles. The monoisotopic (exact) mass is 364 g/mol. The van der Waals surface area contributed by atoms with Crippen molar-refractivity contribution in [3.8, 4) is 17.6 Å². The zero-order chi connectivity index (χ0) is 18.9. The first kappa shape index (κ1) is 20.1. The molecule has 27 heavy (non-hydrogen) atoms. The van der Waals surface area contributed by atoms with Crippen LogP contribution in [-0.4, -0.2) is 6.61 Å². The Morgan fingerprint density at radius 3 is 2.11 bits per heavy atom. The second-order valence-corrected chi connectivity index (χ2v) is 8.45. The van der Waals surface area contributed by atoms with Gasteiger partial charge >= 0.3 is 0 Å². The summed E-state index contributed by atoms with van der Waals surface area (Å²) in [6, 6.07) is 8.05. The molecule has 1 aromatic carbocycles. The van der Waals surface area contributed by atoms with E-state index in [4.69, 9.17) is 4.74 Å². The minimum Gasteiger partial charge on any atom is -0.494 e. The second-order valence-electron chi connectivity index (χ2n) is 8.45. The van der Waals surface area contributed by atoms with Crippen LogP contribution in [0.1, 0.15) is 77.2 Å². The number of hydrogen-bond donors (Lipinski definition) is 0. The molecular weight excluding hydrogens is 328 g/mol. The van der Waals surface area contributed by atoms with Crippen molar-refractivity contribution in [1.29, 1.82) is 0 Å². The molecule has 2 fully saturated rings.